The SMILES string of the molecule is CN(CC1CC(N)C1)c1ccc(C(F)(F)F)cc1F. The van der Waals surface area contributed by atoms with Gasteiger partial charge in [0.15, 0.2) is 0 Å². The first-order valence-corrected chi connectivity index (χ1v) is 6.11. The fraction of sp³-hybridized carbons (Fsp3) is 0.538. The summed E-state index contributed by atoms with van der Waals surface area (Å²) in [5.74, 6) is -0.456. The van der Waals surface area contributed by atoms with Crippen LogP contribution in [0.25, 0.3) is 0 Å². The summed E-state index contributed by atoms with van der Waals surface area (Å²) in [6.45, 7) is 0.607. The molecule has 1 aromatic carbocycles. The van der Waals surface area contributed by atoms with E-state index in [1.807, 2.05) is 0 Å². The number of hydrogen-bond donors (Lipinski definition) is 1. The average Bonchev–Trinajstić information content (AvgIpc) is 2.25. The minimum Gasteiger partial charge on any atom is -0.372 e. The second kappa shape index (κ2) is 5.00. The minimum atomic E-state index is -4.52. The Bertz CT molecular complexity index is 452. The molecule has 1 saturated carbocycles. The Hall–Kier alpha value is -1.30. The second-order valence-electron chi connectivity index (χ2n) is 5.14. The first kappa shape index (κ1) is 14.1. The summed E-state index contributed by atoms with van der Waals surface area (Å²) in [6.07, 6.45) is -2.75. The predicted molar refractivity (Wildman–Crippen MR) is 65.4 cm³/mol. The molecule has 0 heterocycles. The highest BCUT2D eigenvalue weighted by Gasteiger charge is 2.32. The van der Waals surface area contributed by atoms with E-state index in [0.29, 0.717) is 18.5 Å². The molecule has 0 amide bonds. The monoisotopic (exact) mass is 276 g/mol. The van der Waals surface area contributed by atoms with E-state index in [4.69, 9.17) is 5.73 Å². The van der Waals surface area contributed by atoms with Crippen LogP contribution in [0, 0.1) is 11.7 Å². The molecule has 0 radical (unpaired) electrons. The van der Waals surface area contributed by atoms with Gasteiger partial charge in [0.1, 0.15) is 5.82 Å². The maximum absolute atomic E-state index is 13.7. The van der Waals surface area contributed by atoms with Gasteiger partial charge < -0.3 is 10.6 Å². The number of rotatable bonds is 3. The van der Waals surface area contributed by atoms with E-state index in [1.165, 1.54) is 6.07 Å². The Kier molecular flexibility index (Phi) is 3.71. The maximum Gasteiger partial charge on any atom is 0.416 e. The van der Waals surface area contributed by atoms with Gasteiger partial charge in [-0.2, -0.15) is 13.2 Å². The van der Waals surface area contributed by atoms with E-state index >= 15 is 0 Å². The Balaban J connectivity index is 2.08. The molecule has 1 fully saturated rings. The first-order chi connectivity index (χ1) is 8.77. The summed E-state index contributed by atoms with van der Waals surface area (Å²) in [5, 5.41) is 0. The molecule has 1 aliphatic rings. The number of nitrogens with two attached hydrogens (primary N) is 1. The quantitative estimate of drug-likeness (QED) is 0.860. The molecule has 0 saturated heterocycles. The molecule has 0 bridgehead atoms. The number of halogens is 4. The van der Waals surface area contributed by atoms with Gasteiger partial charge in [0.05, 0.1) is 11.3 Å². The standard InChI is InChI=1S/C13H16F4N2/c1-19(7-8-4-10(18)5-8)12-3-2-9(6-11(12)14)13(15,16)17/h2-3,6,8,10H,4-5,7,18H2,1H3. The minimum absolute atomic E-state index is 0.188. The van der Waals surface area contributed by atoms with Crippen molar-refractivity contribution in [3.05, 3.63) is 29.6 Å². The predicted octanol–water partition coefficient (Wildman–Crippen LogP) is 3.02. The van der Waals surface area contributed by atoms with Crippen molar-refractivity contribution in [3.63, 3.8) is 0 Å². The normalized spacial score (nSPS) is 23.1. The lowest BCUT2D eigenvalue weighted by atomic mass is 9.80. The van der Waals surface area contributed by atoms with Gasteiger partial charge in [-0.1, -0.05) is 0 Å². The molecule has 0 spiro atoms. The Morgan fingerprint density at radius 1 is 1.32 bits per heavy atom. The molecular weight excluding hydrogens is 260 g/mol. The van der Waals surface area contributed by atoms with E-state index in [-0.39, 0.29) is 11.7 Å². The van der Waals surface area contributed by atoms with Crippen LogP contribution in [0.5, 0.6) is 0 Å². The van der Waals surface area contributed by atoms with Crippen LogP contribution < -0.4 is 10.6 Å². The lowest BCUT2D eigenvalue weighted by molar-refractivity contribution is -0.137. The molecule has 106 valence electrons. The molecule has 1 aromatic rings. The lowest BCUT2D eigenvalue weighted by Gasteiger charge is -2.36. The van der Waals surface area contributed by atoms with Gasteiger partial charge >= 0.3 is 6.18 Å². The van der Waals surface area contributed by atoms with Gasteiger partial charge in [0.25, 0.3) is 0 Å². The average molecular weight is 276 g/mol. The van der Waals surface area contributed by atoms with E-state index < -0.39 is 17.6 Å². The first-order valence-electron chi connectivity index (χ1n) is 6.11. The molecule has 19 heavy (non-hydrogen) atoms. The highest BCUT2D eigenvalue weighted by Crippen LogP contribution is 2.33. The highest BCUT2D eigenvalue weighted by atomic mass is 19.4. The van der Waals surface area contributed by atoms with Gasteiger partial charge in [-0.05, 0) is 37.0 Å². The summed E-state index contributed by atoms with van der Waals surface area (Å²) in [4.78, 5) is 1.64. The molecule has 2 rings (SSSR count). The van der Waals surface area contributed by atoms with Crippen molar-refractivity contribution in [1.29, 1.82) is 0 Å². The van der Waals surface area contributed by atoms with Crippen LogP contribution in [-0.4, -0.2) is 19.6 Å². The number of alkyl halides is 3. The summed E-state index contributed by atoms with van der Waals surface area (Å²) >= 11 is 0. The maximum atomic E-state index is 13.7. The van der Waals surface area contributed by atoms with E-state index in [1.54, 1.807) is 11.9 Å². The van der Waals surface area contributed by atoms with Gasteiger partial charge in [-0.15, -0.1) is 0 Å². The molecule has 0 atom stereocenters. The van der Waals surface area contributed by atoms with Crippen LogP contribution in [0.4, 0.5) is 23.2 Å². The zero-order valence-corrected chi connectivity index (χ0v) is 10.5. The van der Waals surface area contributed by atoms with Crippen LogP contribution in [-0.2, 0) is 6.18 Å². The van der Waals surface area contributed by atoms with Crippen LogP contribution in [0.2, 0.25) is 0 Å². The Morgan fingerprint density at radius 3 is 2.42 bits per heavy atom. The van der Waals surface area contributed by atoms with Crippen LogP contribution in [0.15, 0.2) is 18.2 Å². The van der Waals surface area contributed by atoms with Crippen LogP contribution >= 0.6 is 0 Å². The number of benzene rings is 1. The van der Waals surface area contributed by atoms with Crippen molar-refractivity contribution in [1.82, 2.24) is 0 Å². The van der Waals surface area contributed by atoms with Crippen molar-refractivity contribution in [2.75, 3.05) is 18.5 Å². The number of nitrogens with zero attached hydrogens (tertiary/aromatic N) is 1. The highest BCUT2D eigenvalue weighted by molar-refractivity contribution is 5.49. The Morgan fingerprint density at radius 2 is 1.95 bits per heavy atom. The van der Waals surface area contributed by atoms with Gasteiger partial charge in [-0.3, -0.25) is 0 Å². The van der Waals surface area contributed by atoms with Gasteiger partial charge in [0.2, 0.25) is 0 Å². The van der Waals surface area contributed by atoms with Crippen molar-refractivity contribution in [3.8, 4) is 0 Å². The van der Waals surface area contributed by atoms with Crippen LogP contribution in [0.1, 0.15) is 18.4 Å². The third kappa shape index (κ3) is 3.18. The summed E-state index contributed by atoms with van der Waals surface area (Å²) < 4.78 is 51.0. The fourth-order valence-electron chi connectivity index (χ4n) is 2.41. The van der Waals surface area contributed by atoms with Crippen LogP contribution in [0.3, 0.4) is 0 Å². The largest absolute Gasteiger partial charge is 0.416 e. The summed E-state index contributed by atoms with van der Waals surface area (Å²) in [7, 11) is 1.68. The topological polar surface area (TPSA) is 29.3 Å². The molecule has 1 aliphatic carbocycles. The summed E-state index contributed by atoms with van der Waals surface area (Å²) in [6, 6.07) is 2.83. The van der Waals surface area contributed by atoms with E-state index in [2.05, 4.69) is 0 Å². The van der Waals surface area contributed by atoms with E-state index in [9.17, 15) is 17.6 Å². The molecular formula is C13H16F4N2. The zero-order valence-electron chi connectivity index (χ0n) is 10.5. The molecule has 0 aromatic heterocycles. The molecule has 2 N–H and O–H groups in total. The van der Waals surface area contributed by atoms with Gasteiger partial charge in [0, 0.05) is 19.6 Å². The lowest BCUT2D eigenvalue weighted by Crippen LogP contribution is -2.42. The molecule has 6 heteroatoms. The van der Waals surface area contributed by atoms with Crippen molar-refractivity contribution in [2.45, 2.75) is 25.1 Å². The molecule has 0 unspecified atom stereocenters. The van der Waals surface area contributed by atoms with Crippen molar-refractivity contribution in [2.24, 2.45) is 11.7 Å². The van der Waals surface area contributed by atoms with Crippen molar-refractivity contribution < 1.29 is 17.6 Å². The second-order valence-corrected chi connectivity index (χ2v) is 5.14. The summed E-state index contributed by atoms with van der Waals surface area (Å²) in [5.41, 5.74) is 4.89. The van der Waals surface area contributed by atoms with E-state index in [0.717, 1.165) is 18.9 Å². The third-order valence-electron chi connectivity index (χ3n) is 3.49. The zero-order chi connectivity index (χ0) is 14.2. The third-order valence-corrected chi connectivity index (χ3v) is 3.49. The smallest absolute Gasteiger partial charge is 0.372 e. The number of anilines is 1. The van der Waals surface area contributed by atoms with Crippen molar-refractivity contribution >= 4 is 5.69 Å². The number of hydrogen-bond acceptors (Lipinski definition) is 2. The van der Waals surface area contributed by atoms with Gasteiger partial charge in [-0.25, -0.2) is 4.39 Å². The fourth-order valence-corrected chi connectivity index (χ4v) is 2.41. The molecule has 0 aliphatic heterocycles. The Labute approximate surface area is 109 Å². The molecule has 2 nitrogen and oxygen atoms in total.